The summed E-state index contributed by atoms with van der Waals surface area (Å²) in [6.45, 7) is 3.72. The van der Waals surface area contributed by atoms with E-state index in [1.165, 1.54) is 36.8 Å². The molecule has 1 fully saturated rings. The highest BCUT2D eigenvalue weighted by molar-refractivity contribution is 5.52. The minimum atomic E-state index is 0.547. The van der Waals surface area contributed by atoms with Gasteiger partial charge < -0.3 is 19.7 Å². The molecule has 0 spiro atoms. The number of nitrogens with one attached hydrogen (secondary N) is 1. The van der Waals surface area contributed by atoms with Gasteiger partial charge in [-0.1, -0.05) is 12.8 Å². The van der Waals surface area contributed by atoms with E-state index in [0.717, 1.165) is 48.5 Å². The fourth-order valence-electron chi connectivity index (χ4n) is 4.10. The molecule has 0 bridgehead atoms. The molecule has 1 aromatic carbocycles. The van der Waals surface area contributed by atoms with Gasteiger partial charge in [0.25, 0.3) is 0 Å². The second-order valence-corrected chi connectivity index (χ2v) is 7.47. The molecule has 27 heavy (non-hydrogen) atoms. The number of nitrogens with zero attached hydrogens (tertiary/aromatic N) is 3. The summed E-state index contributed by atoms with van der Waals surface area (Å²) < 4.78 is 10.9. The van der Waals surface area contributed by atoms with Crippen molar-refractivity contribution in [3.05, 3.63) is 35.0 Å². The van der Waals surface area contributed by atoms with E-state index in [0.29, 0.717) is 6.04 Å². The van der Waals surface area contributed by atoms with Crippen LogP contribution in [0.2, 0.25) is 0 Å². The van der Waals surface area contributed by atoms with Crippen molar-refractivity contribution in [2.24, 2.45) is 0 Å². The third-order valence-corrected chi connectivity index (χ3v) is 5.55. The number of ether oxygens (including phenoxy) is 2. The van der Waals surface area contributed by atoms with Crippen LogP contribution in [-0.2, 0) is 13.0 Å². The van der Waals surface area contributed by atoms with Crippen LogP contribution in [-0.4, -0.2) is 36.8 Å². The van der Waals surface area contributed by atoms with Gasteiger partial charge in [0.05, 0.1) is 14.2 Å². The van der Waals surface area contributed by atoms with Crippen molar-refractivity contribution in [3.63, 3.8) is 0 Å². The Morgan fingerprint density at radius 3 is 2.41 bits per heavy atom. The second-order valence-electron chi connectivity index (χ2n) is 7.47. The maximum absolute atomic E-state index is 5.47. The van der Waals surface area contributed by atoms with E-state index < -0.39 is 0 Å². The molecule has 6 nitrogen and oxygen atoms in total. The Morgan fingerprint density at radius 2 is 1.70 bits per heavy atom. The number of methoxy groups -OCH3 is 2. The molecule has 0 unspecified atom stereocenters. The summed E-state index contributed by atoms with van der Waals surface area (Å²) in [6.07, 6.45) is 6.03. The molecule has 2 heterocycles. The molecule has 144 valence electrons. The molecule has 0 atom stereocenters. The maximum Gasteiger partial charge on any atom is 0.227 e. The Labute approximate surface area is 160 Å². The predicted octanol–water partition coefficient (Wildman–Crippen LogP) is 3.72. The zero-order valence-corrected chi connectivity index (χ0v) is 16.4. The van der Waals surface area contributed by atoms with Gasteiger partial charge in [0.2, 0.25) is 5.95 Å². The van der Waals surface area contributed by atoms with E-state index >= 15 is 0 Å². The van der Waals surface area contributed by atoms with Crippen molar-refractivity contribution in [2.45, 2.75) is 51.6 Å². The normalized spacial score (nSPS) is 16.9. The van der Waals surface area contributed by atoms with Gasteiger partial charge in [-0.25, -0.2) is 4.98 Å². The summed E-state index contributed by atoms with van der Waals surface area (Å²) >= 11 is 0. The number of aromatic nitrogens is 2. The molecule has 0 amide bonds. The van der Waals surface area contributed by atoms with Gasteiger partial charge in [-0.15, -0.1) is 0 Å². The van der Waals surface area contributed by atoms with Crippen molar-refractivity contribution >= 4 is 11.8 Å². The average Bonchev–Trinajstić information content (AvgIpc) is 3.18. The lowest BCUT2D eigenvalue weighted by atomic mass is 9.99. The Kier molecular flexibility index (Phi) is 5.05. The number of benzene rings is 1. The van der Waals surface area contributed by atoms with Crippen LogP contribution in [0.4, 0.5) is 11.8 Å². The molecule has 4 rings (SSSR count). The molecule has 6 heteroatoms. The minimum Gasteiger partial charge on any atom is -0.493 e. The first-order valence-corrected chi connectivity index (χ1v) is 9.77. The SMILES string of the molecule is COc1cc2c(cc1OC)CN(c1nc(C)cc(NC3CCCC3)n1)CC2. The van der Waals surface area contributed by atoms with Gasteiger partial charge in [-0.2, -0.15) is 4.98 Å². The predicted molar refractivity (Wildman–Crippen MR) is 107 cm³/mol. The lowest BCUT2D eigenvalue weighted by molar-refractivity contribution is 0.353. The number of aryl methyl sites for hydroxylation is 1. The number of rotatable bonds is 5. The molecule has 1 saturated carbocycles. The van der Waals surface area contributed by atoms with Crippen LogP contribution in [0.15, 0.2) is 18.2 Å². The summed E-state index contributed by atoms with van der Waals surface area (Å²) in [4.78, 5) is 11.8. The zero-order chi connectivity index (χ0) is 18.8. The molecule has 0 saturated heterocycles. The van der Waals surface area contributed by atoms with Gasteiger partial charge >= 0.3 is 0 Å². The number of hydrogen-bond acceptors (Lipinski definition) is 6. The lowest BCUT2D eigenvalue weighted by Gasteiger charge is -2.30. The van der Waals surface area contributed by atoms with Crippen LogP contribution in [0.1, 0.15) is 42.5 Å². The van der Waals surface area contributed by atoms with Gasteiger partial charge in [0.15, 0.2) is 11.5 Å². The van der Waals surface area contributed by atoms with E-state index in [9.17, 15) is 0 Å². The largest absolute Gasteiger partial charge is 0.493 e. The Bertz CT molecular complexity index is 818. The van der Waals surface area contributed by atoms with Crippen molar-refractivity contribution < 1.29 is 9.47 Å². The van der Waals surface area contributed by atoms with Crippen LogP contribution >= 0.6 is 0 Å². The monoisotopic (exact) mass is 368 g/mol. The van der Waals surface area contributed by atoms with E-state index in [1.54, 1.807) is 14.2 Å². The van der Waals surface area contributed by atoms with Gasteiger partial charge in [-0.05, 0) is 49.4 Å². The summed E-state index contributed by atoms with van der Waals surface area (Å²) in [7, 11) is 3.36. The summed E-state index contributed by atoms with van der Waals surface area (Å²) in [5.41, 5.74) is 3.55. The van der Waals surface area contributed by atoms with Gasteiger partial charge in [0.1, 0.15) is 5.82 Å². The summed E-state index contributed by atoms with van der Waals surface area (Å²) in [5, 5.41) is 3.60. The van der Waals surface area contributed by atoms with E-state index in [2.05, 4.69) is 22.3 Å². The molecular formula is C21H28N4O2. The minimum absolute atomic E-state index is 0.547. The molecule has 0 radical (unpaired) electrons. The molecule has 1 aliphatic heterocycles. The van der Waals surface area contributed by atoms with Gasteiger partial charge in [-0.3, -0.25) is 0 Å². The average molecular weight is 368 g/mol. The standard InChI is InChI=1S/C21H28N4O2/c1-14-10-20(23-17-6-4-5-7-17)24-21(22-14)25-9-8-15-11-18(26-2)19(27-3)12-16(15)13-25/h10-12,17H,4-9,13H2,1-3H3,(H,22,23,24). The Morgan fingerprint density at radius 1 is 1.00 bits per heavy atom. The van der Waals surface area contributed by atoms with Crippen LogP contribution in [0, 0.1) is 6.92 Å². The highest BCUT2D eigenvalue weighted by Gasteiger charge is 2.22. The topological polar surface area (TPSA) is 59.5 Å². The third-order valence-electron chi connectivity index (χ3n) is 5.55. The van der Waals surface area contributed by atoms with E-state index in [1.807, 2.05) is 13.0 Å². The van der Waals surface area contributed by atoms with E-state index in [-0.39, 0.29) is 0 Å². The van der Waals surface area contributed by atoms with Gasteiger partial charge in [0, 0.05) is 30.9 Å². The fourth-order valence-corrected chi connectivity index (χ4v) is 4.10. The molecule has 1 N–H and O–H groups in total. The maximum atomic E-state index is 5.47. The van der Waals surface area contributed by atoms with Crippen molar-refractivity contribution in [1.82, 2.24) is 9.97 Å². The summed E-state index contributed by atoms with van der Waals surface area (Å²) in [6, 6.07) is 6.77. The molecule has 2 aliphatic rings. The molecule has 1 aliphatic carbocycles. The van der Waals surface area contributed by atoms with Crippen molar-refractivity contribution in [2.75, 3.05) is 31.0 Å². The number of fused-ring (bicyclic) bond motifs is 1. The quantitative estimate of drug-likeness (QED) is 0.868. The van der Waals surface area contributed by atoms with Crippen molar-refractivity contribution in [3.8, 4) is 11.5 Å². The summed E-state index contributed by atoms with van der Waals surface area (Å²) in [5.74, 6) is 3.31. The first-order chi connectivity index (χ1) is 13.2. The van der Waals surface area contributed by atoms with Crippen LogP contribution in [0.5, 0.6) is 11.5 Å². The van der Waals surface area contributed by atoms with Crippen LogP contribution in [0.3, 0.4) is 0 Å². The van der Waals surface area contributed by atoms with Crippen molar-refractivity contribution in [1.29, 1.82) is 0 Å². The van der Waals surface area contributed by atoms with Crippen LogP contribution < -0.4 is 19.7 Å². The van der Waals surface area contributed by atoms with E-state index in [4.69, 9.17) is 19.4 Å². The Balaban J connectivity index is 1.57. The highest BCUT2D eigenvalue weighted by atomic mass is 16.5. The molecular weight excluding hydrogens is 340 g/mol. The zero-order valence-electron chi connectivity index (χ0n) is 16.4. The smallest absolute Gasteiger partial charge is 0.227 e. The first kappa shape index (κ1) is 17.9. The molecule has 1 aromatic heterocycles. The first-order valence-electron chi connectivity index (χ1n) is 9.77. The number of hydrogen-bond donors (Lipinski definition) is 1. The second kappa shape index (κ2) is 7.62. The third kappa shape index (κ3) is 3.80. The van der Waals surface area contributed by atoms with Crippen LogP contribution in [0.25, 0.3) is 0 Å². The number of anilines is 2. The Hall–Kier alpha value is -2.50. The fraction of sp³-hybridized carbons (Fsp3) is 0.524. The highest BCUT2D eigenvalue weighted by Crippen LogP contribution is 2.34. The lowest BCUT2D eigenvalue weighted by Crippen LogP contribution is -2.32. The molecule has 2 aromatic rings.